The van der Waals surface area contributed by atoms with Crippen molar-refractivity contribution >= 4 is 0 Å². The van der Waals surface area contributed by atoms with E-state index in [0.717, 1.165) is 51.4 Å². The molecule has 0 aliphatic carbocycles. The third-order valence-electron chi connectivity index (χ3n) is 2.36. The molecule has 264 valence electrons. The molecular weight excluding hydrogens is 847 g/mol. The molecule has 0 atom stereocenters. The van der Waals surface area contributed by atoms with E-state index in [4.69, 9.17) is 21.0 Å². The van der Waals surface area contributed by atoms with Gasteiger partial charge in [-0.05, 0) is 25.7 Å². The molecule has 0 rings (SSSR count). The van der Waals surface area contributed by atoms with E-state index in [-0.39, 0.29) is 218 Å². The summed E-state index contributed by atoms with van der Waals surface area (Å²) < 4.78 is 0. The summed E-state index contributed by atoms with van der Waals surface area (Å²) in [5, 5.41) is 30.8. The summed E-state index contributed by atoms with van der Waals surface area (Å²) >= 11 is 0. The van der Waals surface area contributed by atoms with Gasteiger partial charge >= 0.3 is 65.2 Å². The zero-order valence-corrected chi connectivity index (χ0v) is 35.7. The van der Waals surface area contributed by atoms with E-state index < -0.39 is 0 Å². The molecule has 20 nitrogen and oxygen atoms in total. The quantitative estimate of drug-likeness (QED) is 0.0946. The van der Waals surface area contributed by atoms with Crippen LogP contribution in [0.25, 0.3) is 0 Å². The Hall–Kier alpha value is 4.20. The standard InChI is InChI=1S/4C4H10O2.12H2O.7Ti/c4*1-2-3-4-6-5;;;;;;;;;;;;;;;;;;;/h4*5H,2-4H2,1H3;12*1H2;;;;;;;/q;;;;;;;;;;;;;;;;;;;;3*+4/p-12. The topological polar surface area (TPSA) is 478 Å². The minimum absolute atomic E-state index is 0. The first-order valence-corrected chi connectivity index (χ1v) is 8.71. The normalized spacial score (nSPS) is 5.02. The Bertz CT molecular complexity index is 143. The summed E-state index contributed by atoms with van der Waals surface area (Å²) in [4.78, 5) is 15.1. The van der Waals surface area contributed by atoms with Gasteiger partial charge in [0.25, 0.3) is 0 Å². The van der Waals surface area contributed by atoms with E-state index in [1.807, 2.05) is 27.7 Å². The molecule has 0 aliphatic heterocycles. The summed E-state index contributed by atoms with van der Waals surface area (Å²) in [6.07, 6.45) is 8.04. The average Bonchev–Trinajstić information content (AvgIpc) is 2.62. The molecule has 0 spiro atoms. The number of unbranched alkanes of at least 4 members (excludes halogenated alkanes) is 4. The summed E-state index contributed by atoms with van der Waals surface area (Å²) in [7, 11) is 0. The largest absolute Gasteiger partial charge is 4.00 e. The number of hydrogen-bond acceptors (Lipinski definition) is 20. The van der Waals surface area contributed by atoms with Gasteiger partial charge in [0.15, 0.2) is 0 Å². The monoisotopic (exact) mass is 900 g/mol. The van der Waals surface area contributed by atoms with Crippen molar-refractivity contribution in [3.05, 3.63) is 0 Å². The predicted molar refractivity (Wildman–Crippen MR) is 117 cm³/mol. The van der Waals surface area contributed by atoms with Crippen molar-refractivity contribution in [2.75, 3.05) is 26.4 Å². The van der Waals surface area contributed by atoms with Crippen LogP contribution < -0.4 is 0 Å². The average molecular weight is 900 g/mol. The molecule has 0 bridgehead atoms. The van der Waals surface area contributed by atoms with Crippen LogP contribution in [0.3, 0.4) is 0 Å². The third kappa shape index (κ3) is 344. The van der Waals surface area contributed by atoms with Crippen LogP contribution in [-0.4, -0.2) is 113 Å². The molecule has 16 N–H and O–H groups in total. The van der Waals surface area contributed by atoms with Gasteiger partial charge in [0, 0.05) is 86.9 Å². The first kappa shape index (κ1) is 172. The molecule has 0 aromatic carbocycles. The molecule has 27 heteroatoms. The minimum Gasteiger partial charge on any atom is -0.870 e. The molecule has 0 fully saturated rings. The summed E-state index contributed by atoms with van der Waals surface area (Å²) in [5.41, 5.74) is 0. The first-order chi connectivity index (χ1) is 11.7. The molecule has 0 heterocycles. The molecular formula is C16H52O20Ti7. The maximum Gasteiger partial charge on any atom is 4.00 e. The molecule has 0 aromatic heterocycles. The van der Waals surface area contributed by atoms with Gasteiger partial charge in [-0.3, -0.25) is 21.0 Å². The third-order valence-corrected chi connectivity index (χ3v) is 2.36. The van der Waals surface area contributed by atoms with E-state index in [9.17, 15) is 0 Å². The molecule has 0 aliphatic rings. The van der Waals surface area contributed by atoms with Crippen LogP contribution in [0.2, 0.25) is 0 Å². The maximum absolute atomic E-state index is 7.70. The van der Waals surface area contributed by atoms with Crippen LogP contribution in [0.4, 0.5) is 0 Å². The number of hydrogen-bond donors (Lipinski definition) is 4. The zero-order valence-electron chi connectivity index (χ0n) is 24.8. The van der Waals surface area contributed by atoms with Gasteiger partial charge in [-0.25, -0.2) is 19.6 Å². The molecule has 0 saturated carbocycles. The Morgan fingerprint density at radius 3 is 0.419 bits per heavy atom. The van der Waals surface area contributed by atoms with Gasteiger partial charge in [-0.15, -0.1) is 0 Å². The first-order valence-electron chi connectivity index (χ1n) is 8.71. The van der Waals surface area contributed by atoms with E-state index in [2.05, 4.69) is 19.6 Å². The van der Waals surface area contributed by atoms with Crippen molar-refractivity contribution in [3.63, 3.8) is 0 Å². The SMILES string of the molecule is CCCCOO.CCCCOO.CCCCOO.CCCCOO.[OH-].[OH-].[OH-].[OH-].[OH-].[OH-].[OH-].[OH-].[OH-].[OH-].[OH-].[OH-].[Ti+4].[Ti+4].[Ti+4].[Ti].[Ti].[Ti].[Ti]. The Kier molecular flexibility index (Phi) is 925. The van der Waals surface area contributed by atoms with E-state index in [1.54, 1.807) is 0 Å². The van der Waals surface area contributed by atoms with Crippen molar-refractivity contribution in [2.24, 2.45) is 0 Å². The Morgan fingerprint density at radius 1 is 0.302 bits per heavy atom. The second-order valence-corrected chi connectivity index (χ2v) is 4.75. The van der Waals surface area contributed by atoms with Crippen molar-refractivity contribution < 1.29 is 258 Å². The summed E-state index contributed by atoms with van der Waals surface area (Å²) in [6.45, 7) is 10.0. The van der Waals surface area contributed by atoms with Gasteiger partial charge in [0.2, 0.25) is 0 Å². The van der Waals surface area contributed by atoms with Gasteiger partial charge < -0.3 is 65.7 Å². The second-order valence-electron chi connectivity index (χ2n) is 4.75. The number of rotatable bonds is 12. The van der Waals surface area contributed by atoms with Crippen molar-refractivity contribution in [2.45, 2.75) is 79.1 Å². The minimum atomic E-state index is 0. The van der Waals surface area contributed by atoms with Crippen molar-refractivity contribution in [3.8, 4) is 0 Å². The smallest absolute Gasteiger partial charge is 0.870 e. The molecule has 0 radical (unpaired) electrons. The fourth-order valence-corrected chi connectivity index (χ4v) is 0.836. The molecule has 0 amide bonds. The molecule has 0 unspecified atom stereocenters. The van der Waals surface area contributed by atoms with Gasteiger partial charge in [0.05, 0.1) is 26.4 Å². The Balaban J connectivity index is -0.00000000515. The summed E-state index contributed by atoms with van der Waals surface area (Å²) in [6, 6.07) is 0. The maximum atomic E-state index is 7.70. The summed E-state index contributed by atoms with van der Waals surface area (Å²) in [5.74, 6) is 0. The predicted octanol–water partition coefficient (Wildman–Crippen LogP) is 2.97. The van der Waals surface area contributed by atoms with Gasteiger partial charge in [-0.2, -0.15) is 0 Å². The van der Waals surface area contributed by atoms with Crippen LogP contribution >= 0.6 is 0 Å². The Labute approximate surface area is 359 Å². The molecule has 43 heavy (non-hydrogen) atoms. The Morgan fingerprint density at radius 2 is 0.395 bits per heavy atom. The molecule has 0 saturated heterocycles. The van der Waals surface area contributed by atoms with E-state index in [1.165, 1.54) is 0 Å². The van der Waals surface area contributed by atoms with Crippen LogP contribution in [0, 0.1) is 0 Å². The second kappa shape index (κ2) is 231. The fourth-order valence-electron chi connectivity index (χ4n) is 0.836. The van der Waals surface area contributed by atoms with Crippen LogP contribution in [-0.2, 0) is 172 Å². The zero-order chi connectivity index (χ0) is 19.3. The van der Waals surface area contributed by atoms with Gasteiger partial charge in [-0.1, -0.05) is 53.4 Å². The van der Waals surface area contributed by atoms with E-state index >= 15 is 0 Å². The fraction of sp³-hybridized carbons (Fsp3) is 1.00. The van der Waals surface area contributed by atoms with Crippen LogP contribution in [0.15, 0.2) is 0 Å². The van der Waals surface area contributed by atoms with Gasteiger partial charge in [0.1, 0.15) is 0 Å². The van der Waals surface area contributed by atoms with Crippen molar-refractivity contribution in [1.29, 1.82) is 0 Å². The van der Waals surface area contributed by atoms with E-state index in [0.29, 0.717) is 26.4 Å². The van der Waals surface area contributed by atoms with Crippen LogP contribution in [0.5, 0.6) is 0 Å². The van der Waals surface area contributed by atoms with Crippen molar-refractivity contribution in [1.82, 2.24) is 0 Å². The van der Waals surface area contributed by atoms with Crippen LogP contribution in [0.1, 0.15) is 79.1 Å². The molecule has 0 aromatic rings.